The molecule has 0 unspecified atom stereocenters. The molecule has 0 aromatic carbocycles. The van der Waals surface area contributed by atoms with Gasteiger partial charge in [-0.2, -0.15) is 0 Å². The number of carbonyl (C=O) groups excluding carboxylic acids is 1. The van der Waals surface area contributed by atoms with Crippen LogP contribution in [0.2, 0.25) is 0 Å². The van der Waals surface area contributed by atoms with Crippen LogP contribution in [0, 0.1) is 5.92 Å². The molecule has 1 N–H and O–H groups in total. The molecule has 0 spiro atoms. The third kappa shape index (κ3) is 2.50. The Hall–Kier alpha value is -0.530. The molecule has 0 aromatic heterocycles. The van der Waals surface area contributed by atoms with Gasteiger partial charge in [0, 0.05) is 12.5 Å². The lowest BCUT2D eigenvalue weighted by Crippen LogP contribution is -2.32. The molecule has 1 fully saturated rings. The second-order valence-corrected chi connectivity index (χ2v) is 3.71. The molecule has 2 atom stereocenters. The summed E-state index contributed by atoms with van der Waals surface area (Å²) in [6, 6.07) is 0.474. The maximum atomic E-state index is 11.1. The van der Waals surface area contributed by atoms with Crippen molar-refractivity contribution in [2.75, 3.05) is 0 Å². The van der Waals surface area contributed by atoms with Crippen LogP contribution in [-0.4, -0.2) is 11.9 Å². The van der Waals surface area contributed by atoms with Gasteiger partial charge >= 0.3 is 0 Å². The zero-order chi connectivity index (χ0) is 8.97. The molecular weight excluding hydrogens is 150 g/mol. The molecule has 0 radical (unpaired) electrons. The molecular formula is C10H19NO. The van der Waals surface area contributed by atoms with Crippen LogP contribution in [0.1, 0.15) is 46.0 Å². The first kappa shape index (κ1) is 9.56. The lowest BCUT2D eigenvalue weighted by atomic mass is 10.1. The Bertz CT molecular complexity index is 156. The van der Waals surface area contributed by atoms with E-state index in [1.807, 2.05) is 6.92 Å². The summed E-state index contributed by atoms with van der Waals surface area (Å²) < 4.78 is 0. The third-order valence-electron chi connectivity index (χ3n) is 2.80. The lowest BCUT2D eigenvalue weighted by molar-refractivity contribution is -0.121. The molecule has 1 aliphatic rings. The summed E-state index contributed by atoms with van der Waals surface area (Å²) in [6.07, 6.45) is 5.56. The first-order valence-corrected chi connectivity index (χ1v) is 5.05. The number of carbonyl (C=O) groups is 1. The van der Waals surface area contributed by atoms with Gasteiger partial charge in [0.15, 0.2) is 0 Å². The Kier molecular flexibility index (Phi) is 3.57. The topological polar surface area (TPSA) is 29.1 Å². The van der Waals surface area contributed by atoms with Gasteiger partial charge in [0.25, 0.3) is 0 Å². The van der Waals surface area contributed by atoms with Crippen molar-refractivity contribution in [3.8, 4) is 0 Å². The van der Waals surface area contributed by atoms with Gasteiger partial charge in [-0.15, -0.1) is 0 Å². The highest BCUT2D eigenvalue weighted by molar-refractivity contribution is 5.75. The molecule has 1 amide bonds. The standard InChI is InChI=1S/C10H19NO/c1-3-8-5-6-9(7-8)11-10(12)4-2/h8-9H,3-7H2,1-2H3,(H,11,12)/t8-,9+/m1/s1. The molecule has 0 aromatic rings. The van der Waals surface area contributed by atoms with E-state index >= 15 is 0 Å². The largest absolute Gasteiger partial charge is 0.353 e. The van der Waals surface area contributed by atoms with Crippen molar-refractivity contribution in [3.05, 3.63) is 0 Å². The van der Waals surface area contributed by atoms with Gasteiger partial charge < -0.3 is 5.32 Å². The maximum absolute atomic E-state index is 11.1. The van der Waals surface area contributed by atoms with Crippen LogP contribution in [0.5, 0.6) is 0 Å². The molecule has 1 aliphatic carbocycles. The molecule has 12 heavy (non-hydrogen) atoms. The Morgan fingerprint density at radius 2 is 2.17 bits per heavy atom. The van der Waals surface area contributed by atoms with Crippen molar-refractivity contribution in [2.45, 2.75) is 52.0 Å². The summed E-state index contributed by atoms with van der Waals surface area (Å²) >= 11 is 0. The Balaban J connectivity index is 2.23. The summed E-state index contributed by atoms with van der Waals surface area (Å²) in [5.41, 5.74) is 0. The van der Waals surface area contributed by atoms with Crippen LogP contribution < -0.4 is 5.32 Å². The number of hydrogen-bond donors (Lipinski definition) is 1. The van der Waals surface area contributed by atoms with Crippen molar-refractivity contribution >= 4 is 5.91 Å². The second kappa shape index (κ2) is 4.48. The Morgan fingerprint density at radius 1 is 1.42 bits per heavy atom. The normalized spacial score (nSPS) is 28.8. The van der Waals surface area contributed by atoms with Gasteiger partial charge in [0.2, 0.25) is 5.91 Å². The van der Waals surface area contributed by atoms with Gasteiger partial charge in [-0.05, 0) is 25.2 Å². The third-order valence-corrected chi connectivity index (χ3v) is 2.80. The highest BCUT2D eigenvalue weighted by Gasteiger charge is 2.23. The quantitative estimate of drug-likeness (QED) is 0.688. The van der Waals surface area contributed by atoms with Gasteiger partial charge in [-0.25, -0.2) is 0 Å². The van der Waals surface area contributed by atoms with E-state index in [2.05, 4.69) is 12.2 Å². The SMILES string of the molecule is CCC(=O)N[C@H]1CC[C@@H](CC)C1. The zero-order valence-electron chi connectivity index (χ0n) is 8.10. The van der Waals surface area contributed by atoms with E-state index in [0.29, 0.717) is 12.5 Å². The molecule has 0 heterocycles. The first-order valence-electron chi connectivity index (χ1n) is 5.05. The monoisotopic (exact) mass is 169 g/mol. The fourth-order valence-electron chi connectivity index (χ4n) is 1.91. The van der Waals surface area contributed by atoms with E-state index in [1.165, 1.54) is 25.7 Å². The molecule has 0 aliphatic heterocycles. The average molecular weight is 169 g/mol. The predicted molar refractivity (Wildman–Crippen MR) is 49.9 cm³/mol. The minimum Gasteiger partial charge on any atom is -0.353 e. The molecule has 0 bridgehead atoms. The minimum atomic E-state index is 0.205. The van der Waals surface area contributed by atoms with E-state index in [1.54, 1.807) is 0 Å². The molecule has 70 valence electrons. The lowest BCUT2D eigenvalue weighted by Gasteiger charge is -2.11. The van der Waals surface area contributed by atoms with Crippen LogP contribution in [0.3, 0.4) is 0 Å². The van der Waals surface area contributed by atoms with Crippen LogP contribution in [0.25, 0.3) is 0 Å². The van der Waals surface area contributed by atoms with Crippen molar-refractivity contribution in [2.24, 2.45) is 5.92 Å². The van der Waals surface area contributed by atoms with Crippen molar-refractivity contribution in [1.82, 2.24) is 5.32 Å². The smallest absolute Gasteiger partial charge is 0.219 e. The second-order valence-electron chi connectivity index (χ2n) is 3.71. The summed E-state index contributed by atoms with van der Waals surface area (Å²) in [5.74, 6) is 1.06. The van der Waals surface area contributed by atoms with Gasteiger partial charge in [-0.3, -0.25) is 4.79 Å². The van der Waals surface area contributed by atoms with Gasteiger partial charge in [0.1, 0.15) is 0 Å². The van der Waals surface area contributed by atoms with Crippen molar-refractivity contribution < 1.29 is 4.79 Å². The van der Waals surface area contributed by atoms with E-state index < -0.39 is 0 Å². The van der Waals surface area contributed by atoms with Crippen molar-refractivity contribution in [3.63, 3.8) is 0 Å². The zero-order valence-corrected chi connectivity index (χ0v) is 8.10. The number of nitrogens with one attached hydrogen (secondary N) is 1. The first-order chi connectivity index (χ1) is 5.76. The molecule has 0 saturated heterocycles. The highest BCUT2D eigenvalue weighted by Crippen LogP contribution is 2.27. The number of amides is 1. The molecule has 1 rings (SSSR count). The Morgan fingerprint density at radius 3 is 2.67 bits per heavy atom. The molecule has 1 saturated carbocycles. The Labute approximate surface area is 74.7 Å². The summed E-state index contributed by atoms with van der Waals surface area (Å²) in [4.78, 5) is 11.1. The predicted octanol–water partition coefficient (Wildman–Crippen LogP) is 2.09. The fourth-order valence-corrected chi connectivity index (χ4v) is 1.91. The minimum absolute atomic E-state index is 0.205. The van der Waals surface area contributed by atoms with Gasteiger partial charge in [-0.1, -0.05) is 20.3 Å². The van der Waals surface area contributed by atoms with E-state index in [-0.39, 0.29) is 5.91 Å². The van der Waals surface area contributed by atoms with Crippen LogP contribution in [-0.2, 0) is 4.79 Å². The van der Waals surface area contributed by atoms with Gasteiger partial charge in [0.05, 0.1) is 0 Å². The highest BCUT2D eigenvalue weighted by atomic mass is 16.1. The summed E-state index contributed by atoms with van der Waals surface area (Å²) in [6.45, 7) is 4.14. The number of rotatable bonds is 3. The van der Waals surface area contributed by atoms with Crippen LogP contribution in [0.15, 0.2) is 0 Å². The summed E-state index contributed by atoms with van der Waals surface area (Å²) in [7, 11) is 0. The molecule has 2 nitrogen and oxygen atoms in total. The van der Waals surface area contributed by atoms with E-state index in [0.717, 1.165) is 5.92 Å². The fraction of sp³-hybridized carbons (Fsp3) is 0.900. The van der Waals surface area contributed by atoms with Crippen LogP contribution >= 0.6 is 0 Å². The maximum Gasteiger partial charge on any atom is 0.219 e. The van der Waals surface area contributed by atoms with Crippen molar-refractivity contribution in [1.29, 1.82) is 0 Å². The van der Waals surface area contributed by atoms with Crippen LogP contribution in [0.4, 0.5) is 0 Å². The molecule has 2 heteroatoms. The van der Waals surface area contributed by atoms with E-state index in [9.17, 15) is 4.79 Å². The number of hydrogen-bond acceptors (Lipinski definition) is 1. The summed E-state index contributed by atoms with van der Waals surface area (Å²) in [5, 5.41) is 3.05. The average Bonchev–Trinajstić information content (AvgIpc) is 2.52. The van der Waals surface area contributed by atoms with E-state index in [4.69, 9.17) is 0 Å².